The number of methoxy groups -OCH3 is 1. The SMILES string of the molecule is CNCCOc1cc2nccc(Oc3c(F)cc(NC(O)c4cnccc4OC[C@@H](C)F)cc3F)c2cc1OC. The van der Waals surface area contributed by atoms with Crippen molar-refractivity contribution >= 4 is 16.6 Å². The fourth-order valence-electron chi connectivity index (χ4n) is 3.77. The average Bonchev–Trinajstić information content (AvgIpc) is 2.93. The Balaban J connectivity index is 1.57. The Kier molecular flexibility index (Phi) is 9.46. The van der Waals surface area contributed by atoms with Gasteiger partial charge in [-0.15, -0.1) is 0 Å². The summed E-state index contributed by atoms with van der Waals surface area (Å²) in [4.78, 5) is 8.23. The maximum Gasteiger partial charge on any atom is 0.198 e. The van der Waals surface area contributed by atoms with Crippen molar-refractivity contribution in [2.75, 3.05) is 39.2 Å². The third-order valence-corrected chi connectivity index (χ3v) is 5.68. The molecule has 0 amide bonds. The van der Waals surface area contributed by atoms with Crippen molar-refractivity contribution in [2.45, 2.75) is 19.3 Å². The molecule has 4 rings (SSSR count). The molecule has 0 aliphatic rings. The van der Waals surface area contributed by atoms with Crippen LogP contribution in [0, 0.1) is 11.6 Å². The van der Waals surface area contributed by atoms with E-state index in [0.717, 1.165) is 12.1 Å². The number of aliphatic hydroxyl groups excluding tert-OH is 1. The van der Waals surface area contributed by atoms with Gasteiger partial charge in [0.25, 0.3) is 0 Å². The van der Waals surface area contributed by atoms with Crippen molar-refractivity contribution in [3.8, 4) is 28.7 Å². The molecule has 0 saturated heterocycles. The van der Waals surface area contributed by atoms with Gasteiger partial charge in [0.2, 0.25) is 0 Å². The zero-order valence-electron chi connectivity index (χ0n) is 22.1. The van der Waals surface area contributed by atoms with E-state index in [-0.39, 0.29) is 29.4 Å². The summed E-state index contributed by atoms with van der Waals surface area (Å²) in [5, 5.41) is 16.7. The Morgan fingerprint density at radius 3 is 2.42 bits per heavy atom. The van der Waals surface area contributed by atoms with Crippen molar-refractivity contribution in [3.05, 3.63) is 72.2 Å². The molecule has 0 saturated carbocycles. The molecule has 3 N–H and O–H groups in total. The number of ether oxygens (including phenoxy) is 4. The van der Waals surface area contributed by atoms with E-state index in [2.05, 4.69) is 20.6 Å². The molecule has 0 fully saturated rings. The minimum absolute atomic E-state index is 0.0758. The van der Waals surface area contributed by atoms with Gasteiger partial charge in [-0.25, -0.2) is 13.2 Å². The molecule has 212 valence electrons. The quantitative estimate of drug-likeness (QED) is 0.152. The van der Waals surface area contributed by atoms with Gasteiger partial charge in [-0.1, -0.05) is 0 Å². The number of anilines is 1. The number of alkyl halides is 1. The van der Waals surface area contributed by atoms with Gasteiger partial charge in [-0.05, 0) is 32.2 Å². The van der Waals surface area contributed by atoms with Gasteiger partial charge < -0.3 is 34.7 Å². The number of hydrogen-bond donors (Lipinski definition) is 3. The highest BCUT2D eigenvalue weighted by molar-refractivity contribution is 5.88. The molecule has 0 aliphatic heterocycles. The molecule has 4 aromatic rings. The predicted octanol–water partition coefficient (Wildman–Crippen LogP) is 5.15. The molecule has 2 aromatic carbocycles. The van der Waals surface area contributed by atoms with Crippen LogP contribution in [0.5, 0.6) is 28.7 Å². The van der Waals surface area contributed by atoms with Gasteiger partial charge >= 0.3 is 0 Å². The van der Waals surface area contributed by atoms with Crippen LogP contribution in [0.3, 0.4) is 0 Å². The summed E-state index contributed by atoms with van der Waals surface area (Å²) >= 11 is 0. The number of nitrogens with one attached hydrogen (secondary N) is 2. The van der Waals surface area contributed by atoms with Gasteiger partial charge in [0.05, 0.1) is 18.2 Å². The largest absolute Gasteiger partial charge is 0.493 e. The van der Waals surface area contributed by atoms with Gasteiger partial charge in [0, 0.05) is 54.4 Å². The Hall–Kier alpha value is -4.29. The van der Waals surface area contributed by atoms with Crippen LogP contribution < -0.4 is 29.6 Å². The molecule has 40 heavy (non-hydrogen) atoms. The monoisotopic (exact) mass is 558 g/mol. The lowest BCUT2D eigenvalue weighted by Crippen LogP contribution is -2.16. The maximum absolute atomic E-state index is 15.1. The van der Waals surface area contributed by atoms with Crippen LogP contribution in [0.1, 0.15) is 18.7 Å². The number of benzene rings is 2. The zero-order chi connectivity index (χ0) is 28.6. The maximum atomic E-state index is 15.1. The van der Waals surface area contributed by atoms with Gasteiger partial charge in [0.1, 0.15) is 30.9 Å². The third kappa shape index (κ3) is 6.82. The van der Waals surface area contributed by atoms with E-state index in [1.807, 2.05) is 0 Å². The Morgan fingerprint density at radius 2 is 1.73 bits per heavy atom. The second-order valence-corrected chi connectivity index (χ2v) is 8.70. The number of aromatic nitrogens is 2. The molecule has 0 spiro atoms. The van der Waals surface area contributed by atoms with Crippen LogP contribution >= 0.6 is 0 Å². The lowest BCUT2D eigenvalue weighted by atomic mass is 10.1. The van der Waals surface area contributed by atoms with Crippen LogP contribution in [0.15, 0.2) is 55.0 Å². The normalized spacial score (nSPS) is 12.6. The number of rotatable bonds is 13. The minimum Gasteiger partial charge on any atom is -0.493 e. The fourth-order valence-corrected chi connectivity index (χ4v) is 3.77. The highest BCUT2D eigenvalue weighted by Gasteiger charge is 2.20. The number of hydrogen-bond acceptors (Lipinski definition) is 9. The van der Waals surface area contributed by atoms with E-state index in [0.29, 0.717) is 35.6 Å². The van der Waals surface area contributed by atoms with E-state index in [1.165, 1.54) is 44.8 Å². The molecule has 0 bridgehead atoms. The van der Waals surface area contributed by atoms with Gasteiger partial charge in [-0.2, -0.15) is 0 Å². The highest BCUT2D eigenvalue weighted by atomic mass is 19.1. The van der Waals surface area contributed by atoms with E-state index in [1.54, 1.807) is 19.2 Å². The standard InChI is InChI=1S/C28H29F3N4O5/c1-16(29)15-39-23-4-6-33-14-19(23)28(36)35-17-10-20(30)27(21(31)11-17)40-24-5-7-34-22-13-26(38-9-8-32-2)25(37-3)12-18(22)24/h4-7,10-14,16,28,32,35-36H,8-9,15H2,1-3H3/t16-,28?/m1/s1. The second-order valence-electron chi connectivity index (χ2n) is 8.70. The summed E-state index contributed by atoms with van der Waals surface area (Å²) in [6.07, 6.45) is 1.47. The topological polar surface area (TPSA) is 107 Å². The zero-order valence-corrected chi connectivity index (χ0v) is 22.1. The van der Waals surface area contributed by atoms with Crippen LogP contribution in [0.25, 0.3) is 10.9 Å². The van der Waals surface area contributed by atoms with Gasteiger partial charge in [-0.3, -0.25) is 9.97 Å². The first kappa shape index (κ1) is 28.7. The van der Waals surface area contributed by atoms with Gasteiger partial charge in [0.15, 0.2) is 35.1 Å². The van der Waals surface area contributed by atoms with Crippen molar-refractivity contribution < 1.29 is 37.2 Å². The van der Waals surface area contributed by atoms with Crippen LogP contribution in [-0.2, 0) is 0 Å². The Morgan fingerprint density at radius 1 is 0.975 bits per heavy atom. The van der Waals surface area contributed by atoms with E-state index >= 15 is 8.78 Å². The first-order valence-electron chi connectivity index (χ1n) is 12.4. The van der Waals surface area contributed by atoms with E-state index in [9.17, 15) is 9.50 Å². The summed E-state index contributed by atoms with van der Waals surface area (Å²) in [7, 11) is 3.28. The van der Waals surface area contributed by atoms with E-state index < -0.39 is 29.8 Å². The number of likely N-dealkylation sites (N-methyl/N-ethyl adjacent to an activating group) is 1. The summed E-state index contributed by atoms with van der Waals surface area (Å²) in [6.45, 7) is 2.10. The van der Waals surface area contributed by atoms with Crippen LogP contribution in [0.4, 0.5) is 18.9 Å². The number of pyridine rings is 2. The van der Waals surface area contributed by atoms with Crippen molar-refractivity contribution in [1.82, 2.24) is 15.3 Å². The van der Waals surface area contributed by atoms with Crippen molar-refractivity contribution in [2.24, 2.45) is 0 Å². The number of nitrogens with zero attached hydrogens (tertiary/aromatic N) is 2. The van der Waals surface area contributed by atoms with Crippen LogP contribution in [-0.4, -0.2) is 55.2 Å². The van der Waals surface area contributed by atoms with Crippen LogP contribution in [0.2, 0.25) is 0 Å². The highest BCUT2D eigenvalue weighted by Crippen LogP contribution is 2.39. The molecule has 0 aliphatic carbocycles. The molecule has 12 heteroatoms. The Labute approximate surface area is 228 Å². The predicted molar refractivity (Wildman–Crippen MR) is 143 cm³/mol. The molecular weight excluding hydrogens is 529 g/mol. The molecule has 9 nitrogen and oxygen atoms in total. The summed E-state index contributed by atoms with van der Waals surface area (Å²) < 4.78 is 65.6. The molecular formula is C28H29F3N4O5. The first-order valence-corrected chi connectivity index (χ1v) is 12.4. The summed E-state index contributed by atoms with van der Waals surface area (Å²) in [5.74, 6) is -1.51. The first-order chi connectivity index (χ1) is 19.3. The fraction of sp³-hybridized carbons (Fsp3) is 0.286. The lowest BCUT2D eigenvalue weighted by molar-refractivity contribution is 0.182. The lowest BCUT2D eigenvalue weighted by Gasteiger charge is -2.19. The average molecular weight is 559 g/mol. The summed E-state index contributed by atoms with van der Waals surface area (Å²) in [5.41, 5.74) is 0.556. The molecule has 0 radical (unpaired) electrons. The van der Waals surface area contributed by atoms with E-state index in [4.69, 9.17) is 18.9 Å². The molecule has 2 atom stereocenters. The smallest absolute Gasteiger partial charge is 0.198 e. The minimum atomic E-state index is -1.45. The molecule has 2 aromatic heterocycles. The van der Waals surface area contributed by atoms with Crippen molar-refractivity contribution in [1.29, 1.82) is 0 Å². The molecule has 2 heterocycles. The van der Waals surface area contributed by atoms with Crippen molar-refractivity contribution in [3.63, 3.8) is 0 Å². The second kappa shape index (κ2) is 13.2. The number of halogens is 3. The third-order valence-electron chi connectivity index (χ3n) is 5.68. The number of aliphatic hydroxyl groups is 1. The number of fused-ring (bicyclic) bond motifs is 1. The summed E-state index contributed by atoms with van der Waals surface area (Å²) in [6, 6.07) is 8.14. The molecule has 1 unspecified atom stereocenters. The Bertz CT molecular complexity index is 1430.